The summed E-state index contributed by atoms with van der Waals surface area (Å²) in [5.41, 5.74) is 0.976. The first kappa shape index (κ1) is 14.2. The van der Waals surface area contributed by atoms with Crippen LogP contribution in [0.3, 0.4) is 0 Å². The molecule has 4 heteroatoms. The fourth-order valence-electron chi connectivity index (χ4n) is 2.90. The predicted octanol–water partition coefficient (Wildman–Crippen LogP) is 2.87. The Balaban J connectivity index is 1.62. The molecule has 3 atom stereocenters. The zero-order valence-corrected chi connectivity index (χ0v) is 12.7. The molecule has 4 nitrogen and oxygen atoms in total. The Morgan fingerprint density at radius 3 is 2.86 bits per heavy atom. The summed E-state index contributed by atoms with van der Waals surface area (Å²) >= 11 is 0. The SMILES string of the molecule is CCC[C@@H]1C[C@@H]1NC(=O)[C@@H](C)c1ccc2c(c1)OCCO2. The highest BCUT2D eigenvalue weighted by atomic mass is 16.6. The van der Waals surface area contributed by atoms with E-state index in [1.807, 2.05) is 25.1 Å². The lowest BCUT2D eigenvalue weighted by atomic mass is 9.99. The van der Waals surface area contributed by atoms with Crippen molar-refractivity contribution in [3.05, 3.63) is 23.8 Å². The van der Waals surface area contributed by atoms with Crippen molar-refractivity contribution in [3.63, 3.8) is 0 Å². The topological polar surface area (TPSA) is 47.6 Å². The monoisotopic (exact) mass is 289 g/mol. The summed E-state index contributed by atoms with van der Waals surface area (Å²) in [6.45, 7) is 5.29. The largest absolute Gasteiger partial charge is 0.486 e. The van der Waals surface area contributed by atoms with Gasteiger partial charge in [0.05, 0.1) is 5.92 Å². The Labute approximate surface area is 125 Å². The van der Waals surface area contributed by atoms with Crippen LogP contribution in [0.2, 0.25) is 0 Å². The van der Waals surface area contributed by atoms with Gasteiger partial charge in [-0.05, 0) is 43.4 Å². The molecule has 3 rings (SSSR count). The van der Waals surface area contributed by atoms with Crippen LogP contribution in [0.4, 0.5) is 0 Å². The third-order valence-corrected chi connectivity index (χ3v) is 4.37. The van der Waals surface area contributed by atoms with Crippen molar-refractivity contribution in [1.82, 2.24) is 5.32 Å². The van der Waals surface area contributed by atoms with Gasteiger partial charge in [-0.25, -0.2) is 0 Å². The second kappa shape index (κ2) is 5.96. The minimum Gasteiger partial charge on any atom is -0.486 e. The van der Waals surface area contributed by atoms with E-state index in [0.29, 0.717) is 25.2 Å². The van der Waals surface area contributed by atoms with E-state index in [4.69, 9.17) is 9.47 Å². The molecule has 1 heterocycles. The quantitative estimate of drug-likeness (QED) is 0.906. The van der Waals surface area contributed by atoms with Gasteiger partial charge in [-0.15, -0.1) is 0 Å². The van der Waals surface area contributed by atoms with Crippen molar-refractivity contribution in [1.29, 1.82) is 0 Å². The molecule has 0 radical (unpaired) electrons. The molecule has 1 aromatic rings. The number of carbonyl (C=O) groups excluding carboxylic acids is 1. The van der Waals surface area contributed by atoms with Crippen molar-refractivity contribution >= 4 is 5.91 Å². The lowest BCUT2D eigenvalue weighted by Gasteiger charge is -2.20. The molecule has 0 aromatic heterocycles. The first-order valence-corrected chi connectivity index (χ1v) is 7.89. The number of amides is 1. The third kappa shape index (κ3) is 3.14. The minimum atomic E-state index is -0.163. The predicted molar refractivity (Wildman–Crippen MR) is 80.8 cm³/mol. The number of nitrogens with one attached hydrogen (secondary N) is 1. The highest BCUT2D eigenvalue weighted by molar-refractivity contribution is 5.84. The smallest absolute Gasteiger partial charge is 0.227 e. The Morgan fingerprint density at radius 1 is 1.33 bits per heavy atom. The summed E-state index contributed by atoms with van der Waals surface area (Å²) in [4.78, 5) is 12.3. The van der Waals surface area contributed by atoms with Crippen LogP contribution in [0.25, 0.3) is 0 Å². The highest BCUT2D eigenvalue weighted by Crippen LogP contribution is 2.36. The van der Waals surface area contributed by atoms with E-state index in [1.165, 1.54) is 12.8 Å². The van der Waals surface area contributed by atoms with Crippen LogP contribution in [0.15, 0.2) is 18.2 Å². The average Bonchev–Trinajstić information content (AvgIpc) is 3.24. The summed E-state index contributed by atoms with van der Waals surface area (Å²) < 4.78 is 11.1. The second-order valence-corrected chi connectivity index (χ2v) is 6.02. The van der Waals surface area contributed by atoms with E-state index in [2.05, 4.69) is 12.2 Å². The Kier molecular flexibility index (Phi) is 4.04. The van der Waals surface area contributed by atoms with Gasteiger partial charge in [0.1, 0.15) is 13.2 Å². The molecule has 0 bridgehead atoms. The molecule has 0 spiro atoms. The second-order valence-electron chi connectivity index (χ2n) is 6.02. The van der Waals surface area contributed by atoms with Crippen molar-refractivity contribution in [2.24, 2.45) is 5.92 Å². The van der Waals surface area contributed by atoms with Crippen molar-refractivity contribution in [3.8, 4) is 11.5 Å². The molecule has 2 aliphatic rings. The van der Waals surface area contributed by atoms with Crippen LogP contribution in [0.5, 0.6) is 11.5 Å². The summed E-state index contributed by atoms with van der Waals surface area (Å²) in [5.74, 6) is 2.14. The van der Waals surface area contributed by atoms with Crippen molar-refractivity contribution in [2.75, 3.05) is 13.2 Å². The molecule has 1 fully saturated rings. The van der Waals surface area contributed by atoms with Crippen LogP contribution in [0.1, 0.15) is 44.6 Å². The standard InChI is InChI=1S/C17H23NO3/c1-3-4-13-9-14(13)18-17(19)11(2)12-5-6-15-16(10-12)21-8-7-20-15/h5-6,10-11,13-14H,3-4,7-9H2,1-2H3,(H,18,19)/t11-,13+,14-/m0/s1. The maximum absolute atomic E-state index is 12.3. The van der Waals surface area contributed by atoms with Crippen LogP contribution in [-0.2, 0) is 4.79 Å². The zero-order chi connectivity index (χ0) is 14.8. The molecule has 1 aliphatic heterocycles. The molecular formula is C17H23NO3. The lowest BCUT2D eigenvalue weighted by molar-refractivity contribution is -0.122. The van der Waals surface area contributed by atoms with Crippen molar-refractivity contribution in [2.45, 2.75) is 45.1 Å². The van der Waals surface area contributed by atoms with Gasteiger partial charge in [0.25, 0.3) is 0 Å². The van der Waals surface area contributed by atoms with Crippen molar-refractivity contribution < 1.29 is 14.3 Å². The summed E-state index contributed by atoms with van der Waals surface area (Å²) in [5, 5.41) is 3.16. The van der Waals surface area contributed by atoms with E-state index in [-0.39, 0.29) is 11.8 Å². The molecule has 1 saturated carbocycles. The first-order chi connectivity index (χ1) is 10.2. The molecule has 1 aliphatic carbocycles. The molecule has 114 valence electrons. The number of benzene rings is 1. The van der Waals surface area contributed by atoms with Gasteiger partial charge in [-0.1, -0.05) is 19.4 Å². The normalized spacial score (nSPS) is 24.3. The minimum absolute atomic E-state index is 0.107. The van der Waals surface area contributed by atoms with Crippen LogP contribution >= 0.6 is 0 Å². The summed E-state index contributed by atoms with van der Waals surface area (Å²) in [6.07, 6.45) is 3.53. The number of ether oxygens (including phenoxy) is 2. The van der Waals surface area contributed by atoms with Gasteiger partial charge in [0.2, 0.25) is 5.91 Å². The Hall–Kier alpha value is -1.71. The van der Waals surface area contributed by atoms with E-state index in [1.54, 1.807) is 0 Å². The van der Waals surface area contributed by atoms with E-state index < -0.39 is 0 Å². The van der Waals surface area contributed by atoms with E-state index >= 15 is 0 Å². The molecule has 1 aromatic carbocycles. The summed E-state index contributed by atoms with van der Waals surface area (Å²) in [7, 11) is 0. The van der Waals surface area contributed by atoms with Crippen LogP contribution < -0.4 is 14.8 Å². The maximum Gasteiger partial charge on any atom is 0.227 e. The van der Waals surface area contributed by atoms with Gasteiger partial charge in [-0.3, -0.25) is 4.79 Å². The molecule has 0 unspecified atom stereocenters. The molecular weight excluding hydrogens is 266 g/mol. The number of hydrogen-bond acceptors (Lipinski definition) is 3. The molecule has 1 amide bonds. The Morgan fingerprint density at radius 2 is 2.10 bits per heavy atom. The van der Waals surface area contributed by atoms with Crippen LogP contribution in [0, 0.1) is 5.92 Å². The molecule has 0 saturated heterocycles. The van der Waals surface area contributed by atoms with E-state index in [0.717, 1.165) is 23.5 Å². The lowest BCUT2D eigenvalue weighted by Crippen LogP contribution is -2.31. The maximum atomic E-state index is 12.3. The summed E-state index contributed by atoms with van der Waals surface area (Å²) in [6, 6.07) is 6.16. The first-order valence-electron chi connectivity index (χ1n) is 7.89. The number of hydrogen-bond donors (Lipinski definition) is 1. The highest BCUT2D eigenvalue weighted by Gasteiger charge is 2.38. The van der Waals surface area contributed by atoms with Gasteiger partial charge >= 0.3 is 0 Å². The number of fused-ring (bicyclic) bond motifs is 1. The van der Waals surface area contributed by atoms with Gasteiger partial charge in [-0.2, -0.15) is 0 Å². The van der Waals surface area contributed by atoms with Crippen LogP contribution in [-0.4, -0.2) is 25.2 Å². The average molecular weight is 289 g/mol. The molecule has 21 heavy (non-hydrogen) atoms. The Bertz CT molecular complexity index is 529. The van der Waals surface area contributed by atoms with Gasteiger partial charge < -0.3 is 14.8 Å². The number of carbonyl (C=O) groups is 1. The van der Waals surface area contributed by atoms with Gasteiger partial charge in [0, 0.05) is 6.04 Å². The fraction of sp³-hybridized carbons (Fsp3) is 0.588. The number of rotatable bonds is 5. The van der Waals surface area contributed by atoms with E-state index in [9.17, 15) is 4.79 Å². The third-order valence-electron chi connectivity index (χ3n) is 4.37. The van der Waals surface area contributed by atoms with Gasteiger partial charge in [0.15, 0.2) is 11.5 Å². The molecule has 1 N–H and O–H groups in total. The zero-order valence-electron chi connectivity index (χ0n) is 12.7. The fourth-order valence-corrected chi connectivity index (χ4v) is 2.90.